The number of nitrogens with zero attached hydrogens (tertiary/aromatic N) is 4. The number of amides is 1. The zero-order chi connectivity index (χ0) is 18.8. The van der Waals surface area contributed by atoms with Gasteiger partial charge in [-0.3, -0.25) is 14.7 Å². The van der Waals surface area contributed by atoms with Crippen LogP contribution in [0.15, 0.2) is 53.5 Å². The van der Waals surface area contributed by atoms with Crippen molar-refractivity contribution in [1.82, 2.24) is 24.9 Å². The second-order valence-electron chi connectivity index (χ2n) is 6.83. The maximum atomic E-state index is 12.9. The van der Waals surface area contributed by atoms with E-state index in [2.05, 4.69) is 27.4 Å². The van der Waals surface area contributed by atoms with Crippen LogP contribution < -0.4 is 5.56 Å². The number of piperidine rings is 1. The Morgan fingerprint density at radius 3 is 2.78 bits per heavy atom. The molecular weight excluding hydrogens is 342 g/mol. The quantitative estimate of drug-likeness (QED) is 0.773. The standard InChI is InChI=1S/C20H21N5O2/c1-24-18(26)10-9-17(23-24)20(27)25-11-5-8-15(13-25)19-16(12-21-22-19)14-6-3-2-4-7-14/h2-4,6-7,9-10,12,15H,5,8,11,13H2,1H3,(H,21,22)/t15-/m1/s1. The predicted octanol–water partition coefficient (Wildman–Crippen LogP) is 2.19. The third-order valence-corrected chi connectivity index (χ3v) is 5.05. The summed E-state index contributed by atoms with van der Waals surface area (Å²) in [5, 5.41) is 11.5. The fourth-order valence-electron chi connectivity index (χ4n) is 3.63. The molecule has 0 bridgehead atoms. The van der Waals surface area contributed by atoms with Crippen LogP contribution in [0.25, 0.3) is 11.1 Å². The van der Waals surface area contributed by atoms with Crippen LogP contribution in [-0.2, 0) is 7.05 Å². The molecule has 1 N–H and O–H groups in total. The number of nitrogens with one attached hydrogen (secondary N) is 1. The van der Waals surface area contributed by atoms with E-state index in [0.717, 1.165) is 29.7 Å². The van der Waals surface area contributed by atoms with Crippen LogP contribution >= 0.6 is 0 Å². The number of hydrogen-bond donors (Lipinski definition) is 1. The van der Waals surface area contributed by atoms with Gasteiger partial charge in [-0.25, -0.2) is 4.68 Å². The zero-order valence-corrected chi connectivity index (χ0v) is 15.1. The van der Waals surface area contributed by atoms with Gasteiger partial charge in [-0.05, 0) is 24.5 Å². The fourth-order valence-corrected chi connectivity index (χ4v) is 3.63. The van der Waals surface area contributed by atoms with E-state index in [9.17, 15) is 9.59 Å². The summed E-state index contributed by atoms with van der Waals surface area (Å²) in [7, 11) is 1.55. The summed E-state index contributed by atoms with van der Waals surface area (Å²) in [6, 6.07) is 13.0. The van der Waals surface area contributed by atoms with E-state index in [1.807, 2.05) is 29.3 Å². The van der Waals surface area contributed by atoms with E-state index in [4.69, 9.17) is 0 Å². The minimum Gasteiger partial charge on any atom is -0.337 e. The van der Waals surface area contributed by atoms with Gasteiger partial charge in [0.2, 0.25) is 0 Å². The lowest BCUT2D eigenvalue weighted by molar-refractivity contribution is 0.0697. The first-order valence-corrected chi connectivity index (χ1v) is 9.06. The Kier molecular flexibility index (Phi) is 4.58. The lowest BCUT2D eigenvalue weighted by atomic mass is 9.90. The maximum Gasteiger partial charge on any atom is 0.274 e. The first kappa shape index (κ1) is 17.2. The molecule has 3 heterocycles. The minimum absolute atomic E-state index is 0.143. The molecule has 1 fully saturated rings. The van der Waals surface area contributed by atoms with Crippen LogP contribution in [0.1, 0.15) is 34.9 Å². The number of aromatic amines is 1. The van der Waals surface area contributed by atoms with Crippen LogP contribution in [-0.4, -0.2) is 43.9 Å². The average molecular weight is 363 g/mol. The molecule has 1 aliphatic rings. The molecule has 3 aromatic rings. The SMILES string of the molecule is Cn1nc(C(=O)N2CCC[C@@H](c3[nH]ncc3-c3ccccc3)C2)ccc1=O. The Labute approximate surface area is 156 Å². The lowest BCUT2D eigenvalue weighted by Gasteiger charge is -2.32. The predicted molar refractivity (Wildman–Crippen MR) is 101 cm³/mol. The highest BCUT2D eigenvalue weighted by Gasteiger charge is 2.29. The van der Waals surface area contributed by atoms with Crippen molar-refractivity contribution >= 4 is 5.91 Å². The van der Waals surface area contributed by atoms with Crippen molar-refractivity contribution < 1.29 is 4.79 Å². The summed E-state index contributed by atoms with van der Waals surface area (Å²) in [6.07, 6.45) is 3.75. The van der Waals surface area contributed by atoms with Crippen molar-refractivity contribution in [3.8, 4) is 11.1 Å². The van der Waals surface area contributed by atoms with Gasteiger partial charge in [0.15, 0.2) is 0 Å². The van der Waals surface area contributed by atoms with Gasteiger partial charge in [-0.15, -0.1) is 0 Å². The summed E-state index contributed by atoms with van der Waals surface area (Å²) in [5.74, 6) is 0.0454. The zero-order valence-electron chi connectivity index (χ0n) is 15.1. The number of carbonyl (C=O) groups is 1. The van der Waals surface area contributed by atoms with Crippen LogP contribution in [0, 0.1) is 0 Å². The largest absolute Gasteiger partial charge is 0.337 e. The van der Waals surface area contributed by atoms with Crippen LogP contribution in [0.3, 0.4) is 0 Å². The van der Waals surface area contributed by atoms with E-state index in [1.165, 1.54) is 16.8 Å². The van der Waals surface area contributed by atoms with Crippen molar-refractivity contribution in [3.63, 3.8) is 0 Å². The van der Waals surface area contributed by atoms with E-state index < -0.39 is 0 Å². The van der Waals surface area contributed by atoms with Gasteiger partial charge >= 0.3 is 0 Å². The molecule has 138 valence electrons. The van der Waals surface area contributed by atoms with Gasteiger partial charge in [-0.2, -0.15) is 10.2 Å². The molecule has 7 heteroatoms. The molecule has 0 unspecified atom stereocenters. The van der Waals surface area contributed by atoms with Crippen LogP contribution in [0.2, 0.25) is 0 Å². The van der Waals surface area contributed by atoms with Gasteiger partial charge in [0.25, 0.3) is 11.5 Å². The molecule has 7 nitrogen and oxygen atoms in total. The molecule has 2 aromatic heterocycles. The molecule has 0 aliphatic carbocycles. The molecule has 1 aliphatic heterocycles. The van der Waals surface area contributed by atoms with Crippen molar-refractivity contribution in [1.29, 1.82) is 0 Å². The molecule has 4 rings (SSSR count). The molecular formula is C20H21N5O2. The Balaban J connectivity index is 1.57. The number of hydrogen-bond acceptors (Lipinski definition) is 4. The minimum atomic E-state index is -0.229. The average Bonchev–Trinajstić information content (AvgIpc) is 3.20. The highest BCUT2D eigenvalue weighted by atomic mass is 16.2. The second-order valence-corrected chi connectivity index (χ2v) is 6.83. The Bertz CT molecular complexity index is 1010. The summed E-state index contributed by atoms with van der Waals surface area (Å²) in [6.45, 7) is 1.29. The molecule has 1 aromatic carbocycles. The van der Waals surface area contributed by atoms with Crippen LogP contribution in [0.5, 0.6) is 0 Å². The molecule has 0 radical (unpaired) electrons. The highest BCUT2D eigenvalue weighted by Crippen LogP contribution is 2.33. The van der Waals surface area contributed by atoms with Gasteiger partial charge in [0, 0.05) is 43.4 Å². The van der Waals surface area contributed by atoms with Gasteiger partial charge in [-0.1, -0.05) is 30.3 Å². The third-order valence-electron chi connectivity index (χ3n) is 5.05. The van der Waals surface area contributed by atoms with Crippen molar-refractivity contribution in [3.05, 3.63) is 70.4 Å². The van der Waals surface area contributed by atoms with E-state index in [-0.39, 0.29) is 17.4 Å². The van der Waals surface area contributed by atoms with Crippen molar-refractivity contribution in [2.24, 2.45) is 7.05 Å². The summed E-state index contributed by atoms with van der Waals surface area (Å²) in [5.41, 5.74) is 3.32. The van der Waals surface area contributed by atoms with Gasteiger partial charge < -0.3 is 4.90 Å². The lowest BCUT2D eigenvalue weighted by Crippen LogP contribution is -2.40. The molecule has 1 amide bonds. The number of rotatable bonds is 3. The molecule has 1 atom stereocenters. The first-order chi connectivity index (χ1) is 13.1. The van der Waals surface area contributed by atoms with Crippen molar-refractivity contribution in [2.75, 3.05) is 13.1 Å². The van der Waals surface area contributed by atoms with E-state index >= 15 is 0 Å². The van der Waals surface area contributed by atoms with E-state index in [1.54, 1.807) is 7.05 Å². The smallest absolute Gasteiger partial charge is 0.274 e. The number of carbonyl (C=O) groups excluding carboxylic acids is 1. The maximum absolute atomic E-state index is 12.9. The normalized spacial score (nSPS) is 17.1. The Hall–Kier alpha value is -3.22. The van der Waals surface area contributed by atoms with Gasteiger partial charge in [0.1, 0.15) is 5.69 Å². The molecule has 0 spiro atoms. The first-order valence-electron chi connectivity index (χ1n) is 9.06. The molecule has 1 saturated heterocycles. The third kappa shape index (κ3) is 3.40. The Morgan fingerprint density at radius 2 is 2.00 bits per heavy atom. The second kappa shape index (κ2) is 7.19. The summed E-state index contributed by atoms with van der Waals surface area (Å²) >= 11 is 0. The molecule has 0 saturated carbocycles. The fraction of sp³-hybridized carbons (Fsp3) is 0.300. The van der Waals surface area contributed by atoms with Gasteiger partial charge in [0.05, 0.1) is 6.20 Å². The van der Waals surface area contributed by atoms with Crippen LogP contribution in [0.4, 0.5) is 0 Å². The van der Waals surface area contributed by atoms with E-state index in [0.29, 0.717) is 18.8 Å². The summed E-state index contributed by atoms with van der Waals surface area (Å²) in [4.78, 5) is 26.2. The number of aromatic nitrogens is 4. The highest BCUT2D eigenvalue weighted by molar-refractivity contribution is 5.92. The topological polar surface area (TPSA) is 83.9 Å². The Morgan fingerprint density at radius 1 is 1.19 bits per heavy atom. The van der Waals surface area contributed by atoms with Crippen molar-refractivity contribution in [2.45, 2.75) is 18.8 Å². The monoisotopic (exact) mass is 363 g/mol. The number of likely N-dealkylation sites (tertiary alicyclic amines) is 1. The molecule has 27 heavy (non-hydrogen) atoms. The number of benzene rings is 1. The number of aryl methyl sites for hydroxylation is 1. The number of H-pyrrole nitrogens is 1. The summed E-state index contributed by atoms with van der Waals surface area (Å²) < 4.78 is 1.19.